The Kier molecular flexibility index (Phi) is 3.82. The molecule has 0 radical (unpaired) electrons. The highest BCUT2D eigenvalue weighted by atomic mass is 79.9. The van der Waals surface area contributed by atoms with Crippen molar-refractivity contribution in [3.8, 4) is 0 Å². The molecule has 0 aromatic carbocycles. The highest BCUT2D eigenvalue weighted by molar-refractivity contribution is 9.09. The van der Waals surface area contributed by atoms with E-state index in [0.29, 0.717) is 11.7 Å². The highest BCUT2D eigenvalue weighted by Gasteiger charge is 2.42. The summed E-state index contributed by atoms with van der Waals surface area (Å²) in [5, 5.41) is 0. The summed E-state index contributed by atoms with van der Waals surface area (Å²) in [6.45, 7) is 0. The van der Waals surface area contributed by atoms with Gasteiger partial charge < -0.3 is 4.74 Å². The van der Waals surface area contributed by atoms with Crippen LogP contribution in [-0.4, -0.2) is 16.5 Å². The number of alkyl halides is 1. The highest BCUT2D eigenvalue weighted by Crippen LogP contribution is 2.45. The van der Waals surface area contributed by atoms with Gasteiger partial charge in [-0.2, -0.15) is 0 Å². The number of hydrogen-bond acceptors (Lipinski definition) is 1. The van der Waals surface area contributed by atoms with E-state index in [4.69, 9.17) is 4.74 Å². The first-order chi connectivity index (χ1) is 8.26. The van der Waals surface area contributed by atoms with Gasteiger partial charge in [0.15, 0.2) is 0 Å². The van der Waals surface area contributed by atoms with Gasteiger partial charge in [0.05, 0.1) is 11.7 Å². The topological polar surface area (TPSA) is 9.23 Å². The Morgan fingerprint density at radius 1 is 1.00 bits per heavy atom. The average Bonchev–Trinajstić information content (AvgIpc) is 2.90. The third-order valence-electron chi connectivity index (χ3n) is 5.17. The maximum atomic E-state index is 6.43. The minimum absolute atomic E-state index is 0.340. The first-order valence-electron chi connectivity index (χ1n) is 7.58. The Morgan fingerprint density at radius 2 is 1.82 bits per heavy atom. The predicted octanol–water partition coefficient (Wildman–Crippen LogP) is 4.82. The normalized spacial score (nSPS) is 41.1. The average molecular weight is 301 g/mol. The Hall–Kier alpha value is 0.440. The summed E-state index contributed by atoms with van der Waals surface area (Å²) in [4.78, 5) is 0.781. The summed E-state index contributed by atoms with van der Waals surface area (Å²) in [5.41, 5.74) is 0.340. The van der Waals surface area contributed by atoms with Crippen molar-refractivity contribution < 1.29 is 4.74 Å². The van der Waals surface area contributed by atoms with Crippen molar-refractivity contribution >= 4 is 15.9 Å². The molecule has 1 saturated heterocycles. The van der Waals surface area contributed by atoms with E-state index in [-0.39, 0.29) is 0 Å². The van der Waals surface area contributed by atoms with Gasteiger partial charge in [-0.25, -0.2) is 0 Å². The van der Waals surface area contributed by atoms with Crippen LogP contribution in [0.15, 0.2) is 0 Å². The lowest BCUT2D eigenvalue weighted by Crippen LogP contribution is -2.26. The molecule has 2 heteroatoms. The molecular weight excluding hydrogens is 276 g/mol. The maximum absolute atomic E-state index is 6.43. The molecule has 3 unspecified atom stereocenters. The van der Waals surface area contributed by atoms with Crippen LogP contribution in [-0.2, 0) is 4.74 Å². The standard InChI is InChI=1S/C15H25BrO/c16-13-5-3-4-12(10-13)11-14-6-9-15(17-14)7-1-2-8-15/h12-14H,1-11H2. The summed E-state index contributed by atoms with van der Waals surface area (Å²) in [6, 6.07) is 0. The molecule has 0 aromatic rings. The van der Waals surface area contributed by atoms with E-state index < -0.39 is 0 Å². The van der Waals surface area contributed by atoms with Gasteiger partial charge in [-0.1, -0.05) is 41.6 Å². The molecule has 98 valence electrons. The molecule has 0 amide bonds. The molecule has 1 aliphatic heterocycles. The Morgan fingerprint density at radius 3 is 2.59 bits per heavy atom. The van der Waals surface area contributed by atoms with Crippen molar-refractivity contribution in [2.24, 2.45) is 5.92 Å². The van der Waals surface area contributed by atoms with Crippen molar-refractivity contribution in [2.75, 3.05) is 0 Å². The number of ether oxygens (including phenoxy) is 1. The summed E-state index contributed by atoms with van der Waals surface area (Å²) < 4.78 is 6.43. The summed E-state index contributed by atoms with van der Waals surface area (Å²) in [7, 11) is 0. The van der Waals surface area contributed by atoms with Crippen LogP contribution in [0.25, 0.3) is 0 Å². The monoisotopic (exact) mass is 300 g/mol. The zero-order chi connectivity index (χ0) is 11.7. The molecule has 3 fully saturated rings. The zero-order valence-corrected chi connectivity index (χ0v) is 12.4. The Labute approximate surface area is 114 Å². The van der Waals surface area contributed by atoms with Gasteiger partial charge in [-0.05, 0) is 50.9 Å². The van der Waals surface area contributed by atoms with Gasteiger partial charge in [0, 0.05) is 4.83 Å². The van der Waals surface area contributed by atoms with Crippen molar-refractivity contribution in [1.82, 2.24) is 0 Å². The lowest BCUT2D eigenvalue weighted by molar-refractivity contribution is -0.0456. The fourth-order valence-electron chi connectivity index (χ4n) is 4.26. The second-order valence-electron chi connectivity index (χ2n) is 6.53. The SMILES string of the molecule is BrC1CCCC(CC2CCC3(CCCC3)O2)C1. The van der Waals surface area contributed by atoms with Crippen LogP contribution in [0.3, 0.4) is 0 Å². The third-order valence-corrected chi connectivity index (χ3v) is 6.00. The van der Waals surface area contributed by atoms with Crippen molar-refractivity contribution in [1.29, 1.82) is 0 Å². The van der Waals surface area contributed by atoms with E-state index in [9.17, 15) is 0 Å². The molecule has 3 rings (SSSR count). The van der Waals surface area contributed by atoms with Gasteiger partial charge in [-0.15, -0.1) is 0 Å². The van der Waals surface area contributed by atoms with Crippen LogP contribution in [0.5, 0.6) is 0 Å². The number of hydrogen-bond donors (Lipinski definition) is 0. The largest absolute Gasteiger partial charge is 0.372 e. The van der Waals surface area contributed by atoms with Crippen molar-refractivity contribution in [3.05, 3.63) is 0 Å². The minimum Gasteiger partial charge on any atom is -0.372 e. The van der Waals surface area contributed by atoms with Gasteiger partial charge >= 0.3 is 0 Å². The summed E-state index contributed by atoms with van der Waals surface area (Å²) in [5.74, 6) is 0.926. The van der Waals surface area contributed by atoms with Crippen LogP contribution >= 0.6 is 15.9 Å². The summed E-state index contributed by atoms with van der Waals surface area (Å²) in [6.07, 6.45) is 15.7. The Bertz CT molecular complexity index is 260. The van der Waals surface area contributed by atoms with Gasteiger partial charge in [0.2, 0.25) is 0 Å². The van der Waals surface area contributed by atoms with E-state index in [1.165, 1.54) is 70.6 Å². The molecule has 3 atom stereocenters. The first-order valence-corrected chi connectivity index (χ1v) is 8.49. The van der Waals surface area contributed by atoms with Crippen LogP contribution < -0.4 is 0 Å². The smallest absolute Gasteiger partial charge is 0.0687 e. The predicted molar refractivity (Wildman–Crippen MR) is 74.6 cm³/mol. The molecule has 2 aliphatic carbocycles. The van der Waals surface area contributed by atoms with E-state index in [2.05, 4.69) is 15.9 Å². The van der Waals surface area contributed by atoms with Crippen molar-refractivity contribution in [2.45, 2.75) is 87.2 Å². The van der Waals surface area contributed by atoms with Gasteiger partial charge in [0.25, 0.3) is 0 Å². The molecular formula is C15H25BrO. The van der Waals surface area contributed by atoms with E-state index in [1.807, 2.05) is 0 Å². The number of rotatable bonds is 2. The van der Waals surface area contributed by atoms with E-state index in [1.54, 1.807) is 0 Å². The van der Waals surface area contributed by atoms with Gasteiger partial charge in [0.1, 0.15) is 0 Å². The van der Waals surface area contributed by atoms with Crippen molar-refractivity contribution in [3.63, 3.8) is 0 Å². The Balaban J connectivity index is 1.50. The second-order valence-corrected chi connectivity index (χ2v) is 7.83. The fourth-order valence-corrected chi connectivity index (χ4v) is 5.11. The van der Waals surface area contributed by atoms with Crippen LogP contribution in [0.1, 0.15) is 70.6 Å². The number of halogens is 1. The van der Waals surface area contributed by atoms with E-state index in [0.717, 1.165) is 10.7 Å². The van der Waals surface area contributed by atoms with Crippen LogP contribution in [0, 0.1) is 5.92 Å². The lowest BCUT2D eigenvalue weighted by Gasteiger charge is -2.29. The van der Waals surface area contributed by atoms with E-state index >= 15 is 0 Å². The minimum atomic E-state index is 0.340. The lowest BCUT2D eigenvalue weighted by atomic mass is 9.85. The molecule has 0 bridgehead atoms. The molecule has 17 heavy (non-hydrogen) atoms. The van der Waals surface area contributed by atoms with Gasteiger partial charge in [-0.3, -0.25) is 0 Å². The van der Waals surface area contributed by atoms with Crippen LogP contribution in [0.2, 0.25) is 0 Å². The second kappa shape index (κ2) is 5.21. The molecule has 2 saturated carbocycles. The molecule has 0 N–H and O–H groups in total. The first kappa shape index (κ1) is 12.5. The molecule has 3 aliphatic rings. The maximum Gasteiger partial charge on any atom is 0.0687 e. The molecule has 1 spiro atoms. The summed E-state index contributed by atoms with van der Waals surface area (Å²) >= 11 is 3.80. The third kappa shape index (κ3) is 2.89. The quantitative estimate of drug-likeness (QED) is 0.664. The molecule has 1 nitrogen and oxygen atoms in total. The van der Waals surface area contributed by atoms with Crippen LogP contribution in [0.4, 0.5) is 0 Å². The molecule has 1 heterocycles. The fraction of sp³-hybridized carbons (Fsp3) is 1.00. The zero-order valence-electron chi connectivity index (χ0n) is 10.8. The molecule has 0 aromatic heterocycles.